The molecule has 1 aromatic carbocycles. The summed E-state index contributed by atoms with van der Waals surface area (Å²) in [5.41, 5.74) is 2.37. The average molecular weight is 251 g/mol. The van der Waals surface area contributed by atoms with Crippen molar-refractivity contribution in [2.75, 3.05) is 5.75 Å². The summed E-state index contributed by atoms with van der Waals surface area (Å²) in [4.78, 5) is 0. The number of thioether (sulfide) groups is 1. The quantitative estimate of drug-likeness (QED) is 0.768. The van der Waals surface area contributed by atoms with Crippen LogP contribution in [0.25, 0.3) is 10.9 Å². The van der Waals surface area contributed by atoms with Crippen molar-refractivity contribution < 1.29 is 4.39 Å². The van der Waals surface area contributed by atoms with Crippen LogP contribution in [-0.4, -0.2) is 10.3 Å². The van der Waals surface area contributed by atoms with Gasteiger partial charge in [0.15, 0.2) is 0 Å². The molecular formula is C14H18FNS. The molecule has 1 aromatic heterocycles. The Morgan fingerprint density at radius 2 is 2.12 bits per heavy atom. The Kier molecular flexibility index (Phi) is 3.77. The Hall–Kier alpha value is -0.960. The summed E-state index contributed by atoms with van der Waals surface area (Å²) in [7, 11) is 0. The van der Waals surface area contributed by atoms with Gasteiger partial charge in [-0.3, -0.25) is 0 Å². The van der Waals surface area contributed by atoms with Crippen molar-refractivity contribution in [3.63, 3.8) is 0 Å². The first kappa shape index (κ1) is 12.5. The standard InChI is InChI=1S/C14H18FNS/c1-4-17-9-11-8-16(10(2)3)14-6-5-12(15)7-13(11)14/h5-8,10H,4,9H2,1-3H3. The number of halogens is 1. The van der Waals surface area contributed by atoms with Gasteiger partial charge in [0.25, 0.3) is 0 Å². The van der Waals surface area contributed by atoms with Crippen molar-refractivity contribution in [2.45, 2.75) is 32.6 Å². The molecule has 0 aliphatic heterocycles. The number of fused-ring (bicyclic) bond motifs is 1. The summed E-state index contributed by atoms with van der Waals surface area (Å²) < 4.78 is 15.6. The first-order chi connectivity index (χ1) is 8.13. The third-order valence-electron chi connectivity index (χ3n) is 2.90. The number of hydrogen-bond donors (Lipinski definition) is 0. The Balaban J connectivity index is 2.54. The van der Waals surface area contributed by atoms with E-state index in [9.17, 15) is 4.39 Å². The van der Waals surface area contributed by atoms with Gasteiger partial charge in [0.1, 0.15) is 5.82 Å². The first-order valence-electron chi connectivity index (χ1n) is 6.00. The Morgan fingerprint density at radius 3 is 2.76 bits per heavy atom. The largest absolute Gasteiger partial charge is 0.345 e. The monoisotopic (exact) mass is 251 g/mol. The molecule has 0 aliphatic rings. The second-order valence-corrected chi connectivity index (χ2v) is 5.73. The molecule has 0 saturated carbocycles. The van der Waals surface area contributed by atoms with Crippen molar-refractivity contribution in [3.05, 3.63) is 35.8 Å². The van der Waals surface area contributed by atoms with Crippen LogP contribution in [0.4, 0.5) is 4.39 Å². The predicted molar refractivity (Wildman–Crippen MR) is 74.1 cm³/mol. The normalized spacial score (nSPS) is 11.6. The van der Waals surface area contributed by atoms with E-state index in [1.165, 1.54) is 11.6 Å². The van der Waals surface area contributed by atoms with Gasteiger partial charge < -0.3 is 4.57 Å². The molecule has 2 aromatic rings. The molecule has 0 atom stereocenters. The van der Waals surface area contributed by atoms with E-state index < -0.39 is 0 Å². The van der Waals surface area contributed by atoms with Crippen LogP contribution < -0.4 is 0 Å². The van der Waals surface area contributed by atoms with Crippen molar-refractivity contribution in [1.29, 1.82) is 0 Å². The molecule has 0 amide bonds. The molecule has 92 valence electrons. The van der Waals surface area contributed by atoms with Gasteiger partial charge in [0.2, 0.25) is 0 Å². The zero-order valence-corrected chi connectivity index (χ0v) is 11.4. The molecule has 0 N–H and O–H groups in total. The minimum Gasteiger partial charge on any atom is -0.345 e. The highest BCUT2D eigenvalue weighted by Crippen LogP contribution is 2.28. The SMILES string of the molecule is CCSCc1cn(C(C)C)c2ccc(F)cc12. The molecular weight excluding hydrogens is 233 g/mol. The lowest BCUT2D eigenvalue weighted by atomic mass is 10.2. The minimum absolute atomic E-state index is 0.151. The maximum atomic E-state index is 13.3. The highest BCUT2D eigenvalue weighted by atomic mass is 32.2. The highest BCUT2D eigenvalue weighted by molar-refractivity contribution is 7.98. The van der Waals surface area contributed by atoms with Crippen LogP contribution in [0, 0.1) is 5.82 Å². The molecule has 0 fully saturated rings. The maximum Gasteiger partial charge on any atom is 0.123 e. The Morgan fingerprint density at radius 1 is 1.35 bits per heavy atom. The molecule has 0 spiro atoms. The fourth-order valence-electron chi connectivity index (χ4n) is 2.05. The van der Waals surface area contributed by atoms with Gasteiger partial charge in [-0.15, -0.1) is 0 Å². The van der Waals surface area contributed by atoms with Gasteiger partial charge in [0.05, 0.1) is 0 Å². The molecule has 2 rings (SSSR count). The highest BCUT2D eigenvalue weighted by Gasteiger charge is 2.11. The van der Waals surface area contributed by atoms with Crippen LogP contribution in [0.2, 0.25) is 0 Å². The number of benzene rings is 1. The Bertz CT molecular complexity index is 516. The first-order valence-corrected chi connectivity index (χ1v) is 7.15. The molecule has 0 radical (unpaired) electrons. The summed E-state index contributed by atoms with van der Waals surface area (Å²) in [5.74, 6) is 1.89. The summed E-state index contributed by atoms with van der Waals surface area (Å²) in [6.07, 6.45) is 2.16. The molecule has 17 heavy (non-hydrogen) atoms. The number of nitrogens with zero attached hydrogens (tertiary/aromatic N) is 1. The smallest absolute Gasteiger partial charge is 0.123 e. The minimum atomic E-state index is -0.151. The van der Waals surface area contributed by atoms with Crippen molar-refractivity contribution in [3.8, 4) is 0 Å². The molecule has 0 saturated heterocycles. The number of aromatic nitrogens is 1. The second kappa shape index (κ2) is 5.13. The zero-order chi connectivity index (χ0) is 12.4. The molecule has 1 heterocycles. The summed E-state index contributed by atoms with van der Waals surface area (Å²) in [6, 6.07) is 5.48. The van der Waals surface area contributed by atoms with E-state index in [0.717, 1.165) is 22.4 Å². The van der Waals surface area contributed by atoms with E-state index in [1.54, 1.807) is 6.07 Å². The van der Waals surface area contributed by atoms with Crippen LogP contribution in [0.3, 0.4) is 0 Å². The lowest BCUT2D eigenvalue weighted by Gasteiger charge is -2.08. The number of hydrogen-bond acceptors (Lipinski definition) is 1. The average Bonchev–Trinajstić information content (AvgIpc) is 2.64. The van der Waals surface area contributed by atoms with Crippen LogP contribution in [-0.2, 0) is 5.75 Å². The van der Waals surface area contributed by atoms with Gasteiger partial charge in [-0.25, -0.2) is 4.39 Å². The molecule has 0 unspecified atom stereocenters. The fourth-order valence-corrected chi connectivity index (χ4v) is 2.71. The van der Waals surface area contributed by atoms with Crippen LogP contribution in [0.1, 0.15) is 32.4 Å². The van der Waals surface area contributed by atoms with Crippen molar-refractivity contribution in [2.24, 2.45) is 0 Å². The summed E-state index contributed by atoms with van der Waals surface area (Å²) in [6.45, 7) is 6.45. The third-order valence-corrected chi connectivity index (χ3v) is 3.82. The second-order valence-electron chi connectivity index (χ2n) is 4.45. The van der Waals surface area contributed by atoms with Gasteiger partial charge >= 0.3 is 0 Å². The molecule has 0 bridgehead atoms. The van der Waals surface area contributed by atoms with Gasteiger partial charge in [0, 0.05) is 28.9 Å². The Labute approximate surface area is 106 Å². The predicted octanol–water partition coefficient (Wildman–Crippen LogP) is 4.61. The molecule has 0 aliphatic carbocycles. The summed E-state index contributed by atoms with van der Waals surface area (Å²) in [5, 5.41) is 1.06. The van der Waals surface area contributed by atoms with E-state index in [-0.39, 0.29) is 5.82 Å². The van der Waals surface area contributed by atoms with E-state index in [1.807, 2.05) is 17.8 Å². The van der Waals surface area contributed by atoms with Crippen LogP contribution in [0.15, 0.2) is 24.4 Å². The molecule has 3 heteroatoms. The zero-order valence-electron chi connectivity index (χ0n) is 10.5. The van der Waals surface area contributed by atoms with E-state index >= 15 is 0 Å². The van der Waals surface area contributed by atoms with Crippen molar-refractivity contribution in [1.82, 2.24) is 4.57 Å². The van der Waals surface area contributed by atoms with Crippen LogP contribution >= 0.6 is 11.8 Å². The lowest BCUT2D eigenvalue weighted by Crippen LogP contribution is -1.97. The topological polar surface area (TPSA) is 4.93 Å². The van der Waals surface area contributed by atoms with E-state index in [4.69, 9.17) is 0 Å². The fraction of sp³-hybridized carbons (Fsp3) is 0.429. The summed E-state index contributed by atoms with van der Waals surface area (Å²) >= 11 is 1.87. The van der Waals surface area contributed by atoms with E-state index in [2.05, 4.69) is 31.5 Å². The maximum absolute atomic E-state index is 13.3. The number of rotatable bonds is 4. The van der Waals surface area contributed by atoms with Gasteiger partial charge in [-0.2, -0.15) is 11.8 Å². The lowest BCUT2D eigenvalue weighted by molar-refractivity contribution is 0.618. The van der Waals surface area contributed by atoms with Crippen LogP contribution in [0.5, 0.6) is 0 Å². The van der Waals surface area contributed by atoms with E-state index in [0.29, 0.717) is 6.04 Å². The van der Waals surface area contributed by atoms with Gasteiger partial charge in [-0.1, -0.05) is 6.92 Å². The van der Waals surface area contributed by atoms with Gasteiger partial charge in [-0.05, 0) is 43.4 Å². The third kappa shape index (κ3) is 2.49. The molecule has 1 nitrogen and oxygen atoms in total. The van der Waals surface area contributed by atoms with Crippen molar-refractivity contribution >= 4 is 22.7 Å².